The van der Waals surface area contributed by atoms with Crippen LogP contribution in [0.4, 0.5) is 8.78 Å². The normalized spacial score (nSPS) is 16.5. The molecular weight excluding hydrogens is 442 g/mol. The molecule has 1 aromatic heterocycles. The lowest BCUT2D eigenvalue weighted by atomic mass is 10.00. The second kappa shape index (κ2) is 11.4. The van der Waals surface area contributed by atoms with Gasteiger partial charge in [0.25, 0.3) is 0 Å². The van der Waals surface area contributed by atoms with Crippen LogP contribution in [0.3, 0.4) is 0 Å². The molecule has 0 bridgehead atoms. The Kier molecular flexibility index (Phi) is 8.05. The van der Waals surface area contributed by atoms with Gasteiger partial charge in [-0.3, -0.25) is 4.90 Å². The van der Waals surface area contributed by atoms with Gasteiger partial charge in [0.15, 0.2) is 0 Å². The van der Waals surface area contributed by atoms with Crippen LogP contribution in [-0.2, 0) is 22.7 Å². The zero-order valence-corrected chi connectivity index (χ0v) is 19.0. The van der Waals surface area contributed by atoms with Crippen molar-refractivity contribution in [3.05, 3.63) is 94.9 Å². The number of aliphatic hydroxyl groups excluding tert-OH is 1. The number of hydrogen-bond acceptors (Lipinski definition) is 6. The topological polar surface area (TPSA) is 67.4 Å². The fourth-order valence-electron chi connectivity index (χ4n) is 4.01. The zero-order valence-electron chi connectivity index (χ0n) is 19.0. The van der Waals surface area contributed by atoms with Crippen molar-refractivity contribution in [2.75, 3.05) is 19.7 Å². The minimum atomic E-state index is -0.823. The third kappa shape index (κ3) is 6.50. The number of aliphatic hydroxyl groups is 1. The minimum Gasteiger partial charge on any atom is -0.467 e. The van der Waals surface area contributed by atoms with Crippen LogP contribution in [0.15, 0.2) is 70.4 Å². The Labute approximate surface area is 197 Å². The van der Waals surface area contributed by atoms with E-state index in [1.807, 2.05) is 36.1 Å². The first-order valence-corrected chi connectivity index (χ1v) is 11.2. The maximum atomic E-state index is 14.3. The van der Waals surface area contributed by atoms with Gasteiger partial charge in [0, 0.05) is 43.2 Å². The first-order valence-electron chi connectivity index (χ1n) is 11.2. The summed E-state index contributed by atoms with van der Waals surface area (Å²) < 4.78 is 38.5. The summed E-state index contributed by atoms with van der Waals surface area (Å²) in [6, 6.07) is 15.0. The first kappa shape index (κ1) is 24.1. The van der Waals surface area contributed by atoms with Crippen LogP contribution in [0, 0.1) is 18.6 Å². The number of furan rings is 1. The highest BCUT2D eigenvalue weighted by molar-refractivity contribution is 6.02. The lowest BCUT2D eigenvalue weighted by Crippen LogP contribution is -2.39. The second-order valence-corrected chi connectivity index (χ2v) is 8.46. The standard InChI is InChI=1S/C26H28F2N2O4/c1-18-5-2-3-7-24(18)26-12-23(34-29-26)15-30(13-19-8-9-20(27)11-25(19)28)14-21(31)16-32-17-22-6-4-10-33-22/h2-11,21,23,31H,12-17H2,1H3/t21-,23+/m1/s1. The molecule has 4 rings (SSSR count). The Morgan fingerprint density at radius 2 is 2.03 bits per heavy atom. The van der Waals surface area contributed by atoms with Crippen molar-refractivity contribution in [1.82, 2.24) is 4.90 Å². The van der Waals surface area contributed by atoms with E-state index in [9.17, 15) is 13.9 Å². The summed E-state index contributed by atoms with van der Waals surface area (Å²) >= 11 is 0. The number of halogens is 2. The Morgan fingerprint density at radius 1 is 1.18 bits per heavy atom. The van der Waals surface area contributed by atoms with E-state index in [1.165, 1.54) is 12.1 Å². The average Bonchev–Trinajstić information content (AvgIpc) is 3.48. The molecule has 2 heterocycles. The highest BCUT2D eigenvalue weighted by Crippen LogP contribution is 2.21. The van der Waals surface area contributed by atoms with E-state index >= 15 is 0 Å². The highest BCUT2D eigenvalue weighted by Gasteiger charge is 2.27. The fourth-order valence-corrected chi connectivity index (χ4v) is 4.01. The maximum absolute atomic E-state index is 14.3. The molecule has 3 aromatic rings. The van der Waals surface area contributed by atoms with Gasteiger partial charge in [0.1, 0.15) is 30.1 Å². The van der Waals surface area contributed by atoms with E-state index in [4.69, 9.17) is 14.0 Å². The molecule has 0 unspecified atom stereocenters. The average molecular weight is 471 g/mol. The number of oxime groups is 1. The number of benzene rings is 2. The third-order valence-corrected chi connectivity index (χ3v) is 5.66. The third-order valence-electron chi connectivity index (χ3n) is 5.66. The second-order valence-electron chi connectivity index (χ2n) is 8.46. The van der Waals surface area contributed by atoms with Gasteiger partial charge in [0.2, 0.25) is 0 Å². The first-order chi connectivity index (χ1) is 16.5. The molecular formula is C26H28F2N2O4. The minimum absolute atomic E-state index is 0.0829. The van der Waals surface area contributed by atoms with Crippen molar-refractivity contribution in [3.8, 4) is 0 Å². The fraction of sp³-hybridized carbons (Fsp3) is 0.346. The molecule has 1 aliphatic heterocycles. The Morgan fingerprint density at radius 3 is 2.79 bits per heavy atom. The quantitative estimate of drug-likeness (QED) is 0.449. The summed E-state index contributed by atoms with van der Waals surface area (Å²) in [5.74, 6) is -0.593. The molecule has 0 saturated carbocycles. The number of hydrogen-bond donors (Lipinski definition) is 1. The summed E-state index contributed by atoms with van der Waals surface area (Å²) in [6.07, 6.45) is 1.08. The van der Waals surface area contributed by atoms with E-state index in [0.29, 0.717) is 24.3 Å². The summed E-state index contributed by atoms with van der Waals surface area (Å²) in [6.45, 7) is 3.16. The van der Waals surface area contributed by atoms with Gasteiger partial charge in [-0.2, -0.15) is 0 Å². The molecule has 0 amide bonds. The van der Waals surface area contributed by atoms with Crippen LogP contribution in [0.5, 0.6) is 0 Å². The van der Waals surface area contributed by atoms with E-state index in [1.54, 1.807) is 18.4 Å². The van der Waals surface area contributed by atoms with Crippen molar-refractivity contribution < 1.29 is 27.9 Å². The molecule has 180 valence electrons. The van der Waals surface area contributed by atoms with E-state index in [0.717, 1.165) is 22.9 Å². The molecule has 1 aliphatic rings. The van der Waals surface area contributed by atoms with Crippen molar-refractivity contribution in [2.45, 2.75) is 38.7 Å². The molecule has 8 heteroatoms. The van der Waals surface area contributed by atoms with Gasteiger partial charge >= 0.3 is 0 Å². The summed E-state index contributed by atoms with van der Waals surface area (Å²) in [4.78, 5) is 7.54. The van der Waals surface area contributed by atoms with Crippen molar-refractivity contribution in [3.63, 3.8) is 0 Å². The lowest BCUT2D eigenvalue weighted by molar-refractivity contribution is -0.00976. The predicted molar refractivity (Wildman–Crippen MR) is 123 cm³/mol. The van der Waals surface area contributed by atoms with Gasteiger partial charge in [-0.15, -0.1) is 0 Å². The van der Waals surface area contributed by atoms with Gasteiger partial charge in [-0.05, 0) is 30.7 Å². The molecule has 0 spiro atoms. The summed E-state index contributed by atoms with van der Waals surface area (Å²) in [5.41, 5.74) is 3.34. The number of nitrogens with zero attached hydrogens (tertiary/aromatic N) is 2. The smallest absolute Gasteiger partial charge is 0.145 e. The Balaban J connectivity index is 1.38. The maximum Gasteiger partial charge on any atom is 0.145 e. The van der Waals surface area contributed by atoms with Crippen LogP contribution >= 0.6 is 0 Å². The monoisotopic (exact) mass is 470 g/mol. The molecule has 0 aliphatic carbocycles. The van der Waals surface area contributed by atoms with E-state index in [2.05, 4.69) is 5.16 Å². The predicted octanol–water partition coefficient (Wildman–Crippen LogP) is 4.44. The SMILES string of the molecule is Cc1ccccc1C1=NO[C@H](CN(Cc2ccc(F)cc2F)C[C@@H](O)COCc2ccco2)C1. The van der Waals surface area contributed by atoms with E-state index < -0.39 is 17.7 Å². The molecule has 0 fully saturated rings. The van der Waals surface area contributed by atoms with Crippen molar-refractivity contribution in [2.24, 2.45) is 5.16 Å². The zero-order chi connectivity index (χ0) is 23.9. The van der Waals surface area contributed by atoms with Crippen LogP contribution in [0.1, 0.15) is 28.9 Å². The Bertz CT molecular complexity index is 1100. The number of rotatable bonds is 11. The van der Waals surface area contributed by atoms with Gasteiger partial charge in [-0.25, -0.2) is 8.78 Å². The molecule has 2 aromatic carbocycles. The van der Waals surface area contributed by atoms with Gasteiger partial charge in [0.05, 0.1) is 24.7 Å². The van der Waals surface area contributed by atoms with Crippen molar-refractivity contribution >= 4 is 5.71 Å². The summed E-state index contributed by atoms with van der Waals surface area (Å²) in [5, 5.41) is 14.8. The molecule has 6 nitrogen and oxygen atoms in total. The summed E-state index contributed by atoms with van der Waals surface area (Å²) in [7, 11) is 0. The molecule has 1 N–H and O–H groups in total. The van der Waals surface area contributed by atoms with E-state index in [-0.39, 0.29) is 32.4 Å². The van der Waals surface area contributed by atoms with Gasteiger partial charge in [-0.1, -0.05) is 35.5 Å². The van der Waals surface area contributed by atoms with Crippen LogP contribution in [0.25, 0.3) is 0 Å². The molecule has 0 saturated heterocycles. The molecule has 0 radical (unpaired) electrons. The number of aryl methyl sites for hydroxylation is 1. The Hall–Kier alpha value is -3.07. The number of ether oxygens (including phenoxy) is 1. The van der Waals surface area contributed by atoms with Crippen LogP contribution in [0.2, 0.25) is 0 Å². The molecule has 34 heavy (non-hydrogen) atoms. The van der Waals surface area contributed by atoms with Gasteiger partial charge < -0.3 is 19.1 Å². The van der Waals surface area contributed by atoms with Crippen LogP contribution in [-0.4, -0.2) is 47.6 Å². The molecule has 2 atom stereocenters. The van der Waals surface area contributed by atoms with Crippen LogP contribution < -0.4 is 0 Å². The van der Waals surface area contributed by atoms with Crippen molar-refractivity contribution in [1.29, 1.82) is 0 Å². The lowest BCUT2D eigenvalue weighted by Gasteiger charge is -2.27. The largest absolute Gasteiger partial charge is 0.467 e. The highest BCUT2D eigenvalue weighted by atomic mass is 19.1.